The van der Waals surface area contributed by atoms with Crippen LogP contribution < -0.4 is 19.5 Å². The second-order valence-electron chi connectivity index (χ2n) is 4.11. The molecule has 0 bridgehead atoms. The van der Waals surface area contributed by atoms with Crippen molar-refractivity contribution in [1.82, 2.24) is 5.32 Å². The van der Waals surface area contributed by atoms with Crippen LogP contribution in [0.5, 0.6) is 17.2 Å². The van der Waals surface area contributed by atoms with Crippen LogP contribution in [-0.2, 0) is 4.74 Å². The van der Waals surface area contributed by atoms with E-state index in [1.54, 1.807) is 27.4 Å². The molecular formula is C13H18ClNO4. The minimum absolute atomic E-state index is 0.156. The lowest BCUT2D eigenvalue weighted by atomic mass is 10.1. The summed E-state index contributed by atoms with van der Waals surface area (Å²) < 4.78 is 21.7. The van der Waals surface area contributed by atoms with Crippen molar-refractivity contribution in [2.24, 2.45) is 0 Å². The first-order valence-corrected chi connectivity index (χ1v) is 6.41. The summed E-state index contributed by atoms with van der Waals surface area (Å²) in [5.41, 5.74) is 0.786. The molecule has 1 atom stereocenters. The first-order valence-electron chi connectivity index (χ1n) is 6.03. The van der Waals surface area contributed by atoms with Crippen LogP contribution in [-0.4, -0.2) is 41.0 Å². The van der Waals surface area contributed by atoms with Gasteiger partial charge in [-0.15, -0.1) is 0 Å². The van der Waals surface area contributed by atoms with E-state index in [9.17, 15) is 0 Å². The quantitative estimate of drug-likeness (QED) is 0.918. The van der Waals surface area contributed by atoms with Gasteiger partial charge in [-0.1, -0.05) is 11.6 Å². The van der Waals surface area contributed by atoms with Gasteiger partial charge in [0.25, 0.3) is 0 Å². The molecule has 6 heteroatoms. The van der Waals surface area contributed by atoms with Crippen molar-refractivity contribution >= 4 is 11.6 Å². The van der Waals surface area contributed by atoms with Gasteiger partial charge in [0.1, 0.15) is 11.9 Å². The highest BCUT2D eigenvalue weighted by Crippen LogP contribution is 2.46. The van der Waals surface area contributed by atoms with Crippen LogP contribution in [0.25, 0.3) is 0 Å². The standard InChI is InChI=1S/C13H18ClNO4/c1-16-8-6-9(17-2)13(18-3)12(14)11(8)10-7-15-4-5-19-10/h6,10,15H,4-5,7H2,1-3H3. The van der Waals surface area contributed by atoms with Gasteiger partial charge >= 0.3 is 0 Å². The third-order valence-corrected chi connectivity index (χ3v) is 3.46. The van der Waals surface area contributed by atoms with E-state index >= 15 is 0 Å². The van der Waals surface area contributed by atoms with Gasteiger partial charge in [0.05, 0.1) is 33.0 Å². The lowest BCUT2D eigenvalue weighted by Gasteiger charge is -2.27. The number of methoxy groups -OCH3 is 3. The van der Waals surface area contributed by atoms with Crippen molar-refractivity contribution in [2.75, 3.05) is 41.0 Å². The zero-order valence-corrected chi connectivity index (χ0v) is 12.0. The van der Waals surface area contributed by atoms with E-state index in [4.69, 9.17) is 30.5 Å². The maximum atomic E-state index is 6.42. The number of hydrogen-bond acceptors (Lipinski definition) is 5. The Balaban J connectivity index is 2.50. The van der Waals surface area contributed by atoms with Crippen molar-refractivity contribution < 1.29 is 18.9 Å². The van der Waals surface area contributed by atoms with E-state index in [0.29, 0.717) is 35.4 Å². The van der Waals surface area contributed by atoms with Crippen LogP contribution in [0.1, 0.15) is 11.7 Å². The molecule has 1 unspecified atom stereocenters. The van der Waals surface area contributed by atoms with Crippen molar-refractivity contribution in [3.63, 3.8) is 0 Å². The van der Waals surface area contributed by atoms with Crippen LogP contribution in [0.2, 0.25) is 5.02 Å². The van der Waals surface area contributed by atoms with E-state index < -0.39 is 0 Å². The second-order valence-corrected chi connectivity index (χ2v) is 4.48. The average Bonchev–Trinajstić information content (AvgIpc) is 2.46. The fraction of sp³-hybridized carbons (Fsp3) is 0.538. The minimum atomic E-state index is -0.156. The van der Waals surface area contributed by atoms with Crippen molar-refractivity contribution in [1.29, 1.82) is 0 Å². The van der Waals surface area contributed by atoms with Crippen LogP contribution in [0.15, 0.2) is 6.07 Å². The van der Waals surface area contributed by atoms with Gasteiger partial charge in [-0.25, -0.2) is 0 Å². The largest absolute Gasteiger partial charge is 0.496 e. The third kappa shape index (κ3) is 2.73. The van der Waals surface area contributed by atoms with E-state index in [-0.39, 0.29) is 6.10 Å². The molecular weight excluding hydrogens is 270 g/mol. The minimum Gasteiger partial charge on any atom is -0.496 e. The second kappa shape index (κ2) is 6.32. The molecule has 0 aromatic heterocycles. The molecule has 0 radical (unpaired) electrons. The molecule has 0 aliphatic carbocycles. The van der Waals surface area contributed by atoms with Gasteiger partial charge in [-0.3, -0.25) is 0 Å². The lowest BCUT2D eigenvalue weighted by Crippen LogP contribution is -2.33. The van der Waals surface area contributed by atoms with Crippen LogP contribution in [0.3, 0.4) is 0 Å². The predicted molar refractivity (Wildman–Crippen MR) is 72.7 cm³/mol. The fourth-order valence-electron chi connectivity index (χ4n) is 2.16. The summed E-state index contributed by atoms with van der Waals surface area (Å²) in [5.74, 6) is 1.67. The summed E-state index contributed by atoms with van der Waals surface area (Å²) in [5, 5.41) is 3.73. The topological polar surface area (TPSA) is 49.0 Å². The summed E-state index contributed by atoms with van der Waals surface area (Å²) in [4.78, 5) is 0. The molecule has 106 valence electrons. The number of nitrogens with one attached hydrogen (secondary N) is 1. The number of morpholine rings is 1. The molecule has 1 saturated heterocycles. The highest BCUT2D eigenvalue weighted by molar-refractivity contribution is 6.33. The van der Waals surface area contributed by atoms with E-state index in [1.165, 1.54) is 0 Å². The highest BCUT2D eigenvalue weighted by Gasteiger charge is 2.27. The Hall–Kier alpha value is -1.17. The monoisotopic (exact) mass is 287 g/mol. The zero-order valence-electron chi connectivity index (χ0n) is 11.3. The molecule has 0 saturated carbocycles. The summed E-state index contributed by atoms with van der Waals surface area (Å²) in [6, 6.07) is 1.76. The maximum absolute atomic E-state index is 6.42. The Morgan fingerprint density at radius 2 is 1.95 bits per heavy atom. The van der Waals surface area contributed by atoms with Crippen LogP contribution >= 0.6 is 11.6 Å². The Morgan fingerprint density at radius 1 is 1.21 bits per heavy atom. The molecule has 0 amide bonds. The molecule has 0 spiro atoms. The molecule has 1 aliphatic heterocycles. The molecule has 19 heavy (non-hydrogen) atoms. The molecule has 1 aliphatic rings. The fourth-order valence-corrected chi connectivity index (χ4v) is 2.55. The number of rotatable bonds is 4. The molecule has 1 fully saturated rings. The van der Waals surface area contributed by atoms with Gasteiger partial charge in [0.2, 0.25) is 0 Å². The number of hydrogen-bond donors (Lipinski definition) is 1. The van der Waals surface area contributed by atoms with Gasteiger partial charge in [0, 0.05) is 24.7 Å². The third-order valence-electron chi connectivity index (χ3n) is 3.08. The van der Waals surface area contributed by atoms with Crippen molar-refractivity contribution in [3.05, 3.63) is 16.7 Å². The summed E-state index contributed by atoms with van der Waals surface area (Å²) >= 11 is 6.42. The average molecular weight is 288 g/mol. The zero-order chi connectivity index (χ0) is 13.8. The molecule has 5 nitrogen and oxygen atoms in total. The number of ether oxygens (including phenoxy) is 4. The lowest BCUT2D eigenvalue weighted by molar-refractivity contribution is 0.0261. The summed E-state index contributed by atoms with van der Waals surface area (Å²) in [6.45, 7) is 2.16. The predicted octanol–water partition coefficient (Wildman–Crippen LogP) is 2.03. The molecule has 1 N–H and O–H groups in total. The Bertz CT molecular complexity index is 447. The molecule has 2 rings (SSSR count). The van der Waals surface area contributed by atoms with Crippen LogP contribution in [0, 0.1) is 0 Å². The van der Waals surface area contributed by atoms with Crippen LogP contribution in [0.4, 0.5) is 0 Å². The Labute approximate surface area is 117 Å². The van der Waals surface area contributed by atoms with Gasteiger partial charge in [0.15, 0.2) is 11.5 Å². The highest BCUT2D eigenvalue weighted by atomic mass is 35.5. The normalized spacial score (nSPS) is 19.1. The summed E-state index contributed by atoms with van der Waals surface area (Å²) in [7, 11) is 4.71. The van der Waals surface area contributed by atoms with E-state index in [1.807, 2.05) is 0 Å². The Kier molecular flexibility index (Phi) is 4.74. The van der Waals surface area contributed by atoms with Gasteiger partial charge in [-0.2, -0.15) is 0 Å². The molecule has 1 heterocycles. The number of halogens is 1. The first kappa shape index (κ1) is 14.2. The smallest absolute Gasteiger partial charge is 0.180 e. The van der Waals surface area contributed by atoms with Gasteiger partial charge in [-0.05, 0) is 0 Å². The SMILES string of the molecule is COc1cc(OC)c(C2CNCCO2)c(Cl)c1OC. The summed E-state index contributed by atoms with van der Waals surface area (Å²) in [6.07, 6.45) is -0.156. The van der Waals surface area contributed by atoms with Gasteiger partial charge < -0.3 is 24.3 Å². The van der Waals surface area contributed by atoms with E-state index in [2.05, 4.69) is 5.32 Å². The number of benzene rings is 1. The Morgan fingerprint density at radius 3 is 2.47 bits per heavy atom. The molecule has 1 aromatic rings. The van der Waals surface area contributed by atoms with E-state index in [0.717, 1.165) is 12.1 Å². The maximum Gasteiger partial charge on any atom is 0.180 e. The van der Waals surface area contributed by atoms with Crippen molar-refractivity contribution in [2.45, 2.75) is 6.10 Å². The molecule has 1 aromatic carbocycles. The first-order chi connectivity index (χ1) is 9.22. The van der Waals surface area contributed by atoms with Crippen molar-refractivity contribution in [3.8, 4) is 17.2 Å².